The predicted molar refractivity (Wildman–Crippen MR) is 75.2 cm³/mol. The van der Waals surface area contributed by atoms with Crippen molar-refractivity contribution < 1.29 is 10.0 Å². The van der Waals surface area contributed by atoms with Gasteiger partial charge in [0.15, 0.2) is 0 Å². The number of hydrogen-bond donors (Lipinski definition) is 2. The monoisotopic (exact) mass is 266 g/mol. The van der Waals surface area contributed by atoms with E-state index in [4.69, 9.17) is 5.11 Å². The highest BCUT2D eigenvalue weighted by atomic mass is 16.6. The Bertz CT molecular complexity index is 433. The highest BCUT2D eigenvalue weighted by Gasteiger charge is 2.13. The van der Waals surface area contributed by atoms with Gasteiger partial charge in [0.2, 0.25) is 0 Å². The van der Waals surface area contributed by atoms with Crippen molar-refractivity contribution in [2.75, 3.05) is 6.54 Å². The average Bonchev–Trinajstić information content (AvgIpc) is 2.34. The van der Waals surface area contributed by atoms with Crippen LogP contribution < -0.4 is 5.32 Å². The van der Waals surface area contributed by atoms with E-state index in [1.165, 1.54) is 0 Å². The van der Waals surface area contributed by atoms with Crippen molar-refractivity contribution in [3.8, 4) is 0 Å². The number of nitrogens with zero attached hydrogens (tertiary/aromatic N) is 1. The van der Waals surface area contributed by atoms with Gasteiger partial charge in [-0.25, -0.2) is 0 Å². The summed E-state index contributed by atoms with van der Waals surface area (Å²) in [6, 6.07) is 5.38. The van der Waals surface area contributed by atoms with Gasteiger partial charge in [0.05, 0.1) is 11.0 Å². The number of rotatable bonds is 7. The smallest absolute Gasteiger partial charge is 0.272 e. The van der Waals surface area contributed by atoms with Crippen LogP contribution in [0.5, 0.6) is 0 Å². The lowest BCUT2D eigenvalue weighted by Crippen LogP contribution is -2.20. The van der Waals surface area contributed by atoms with Crippen LogP contribution >= 0.6 is 0 Å². The molecule has 0 saturated heterocycles. The molecule has 0 spiro atoms. The molecule has 0 heterocycles. The Morgan fingerprint density at radius 1 is 1.42 bits per heavy atom. The summed E-state index contributed by atoms with van der Waals surface area (Å²) in [5.41, 5.74) is 1.75. The molecule has 1 aromatic rings. The topological polar surface area (TPSA) is 75.4 Å². The summed E-state index contributed by atoms with van der Waals surface area (Å²) in [7, 11) is 0. The second-order valence-corrected chi connectivity index (χ2v) is 4.97. The van der Waals surface area contributed by atoms with Crippen LogP contribution in [0.1, 0.15) is 43.9 Å². The van der Waals surface area contributed by atoms with Crippen molar-refractivity contribution in [3.63, 3.8) is 0 Å². The molecular formula is C14H22N2O3. The van der Waals surface area contributed by atoms with E-state index in [1.54, 1.807) is 26.0 Å². The predicted octanol–water partition coefficient (Wildman–Crippen LogP) is 2.71. The third kappa shape index (κ3) is 4.96. The molecule has 0 aliphatic rings. The second-order valence-electron chi connectivity index (χ2n) is 4.97. The number of aliphatic hydroxyl groups is 1. The van der Waals surface area contributed by atoms with Crippen LogP contribution in [0.25, 0.3) is 0 Å². The Kier molecular flexibility index (Phi) is 5.92. The molecule has 2 N–H and O–H groups in total. The summed E-state index contributed by atoms with van der Waals surface area (Å²) >= 11 is 0. The molecule has 0 aliphatic heterocycles. The first-order valence-corrected chi connectivity index (χ1v) is 6.58. The molecule has 2 unspecified atom stereocenters. The lowest BCUT2D eigenvalue weighted by atomic mass is 10.0. The van der Waals surface area contributed by atoms with Gasteiger partial charge >= 0.3 is 0 Å². The maximum atomic E-state index is 10.9. The fourth-order valence-electron chi connectivity index (χ4n) is 1.93. The van der Waals surface area contributed by atoms with Gasteiger partial charge in [0.25, 0.3) is 5.69 Å². The minimum absolute atomic E-state index is 0.0632. The molecule has 1 rings (SSSR count). The van der Waals surface area contributed by atoms with Crippen LogP contribution in [0.3, 0.4) is 0 Å². The van der Waals surface area contributed by atoms with E-state index in [-0.39, 0.29) is 22.8 Å². The Morgan fingerprint density at radius 2 is 2.11 bits per heavy atom. The van der Waals surface area contributed by atoms with Gasteiger partial charge in [-0.2, -0.15) is 0 Å². The number of hydrogen-bond acceptors (Lipinski definition) is 4. The average molecular weight is 266 g/mol. The molecular weight excluding hydrogens is 244 g/mol. The largest absolute Gasteiger partial charge is 0.393 e. The van der Waals surface area contributed by atoms with Crippen LogP contribution in [-0.4, -0.2) is 22.7 Å². The molecule has 0 aliphatic carbocycles. The first-order chi connectivity index (χ1) is 8.91. The normalized spacial score (nSPS) is 14.1. The molecule has 0 amide bonds. The third-order valence-electron chi connectivity index (χ3n) is 3.18. The van der Waals surface area contributed by atoms with Gasteiger partial charge in [-0.1, -0.05) is 12.1 Å². The Hall–Kier alpha value is -1.46. The maximum absolute atomic E-state index is 10.9. The van der Waals surface area contributed by atoms with Crippen molar-refractivity contribution in [3.05, 3.63) is 39.4 Å². The van der Waals surface area contributed by atoms with Crippen LogP contribution in [0.15, 0.2) is 18.2 Å². The van der Waals surface area contributed by atoms with E-state index in [0.717, 1.165) is 24.9 Å². The van der Waals surface area contributed by atoms with Gasteiger partial charge in [-0.15, -0.1) is 0 Å². The van der Waals surface area contributed by atoms with Crippen LogP contribution in [0, 0.1) is 17.0 Å². The molecule has 0 fully saturated rings. The van der Waals surface area contributed by atoms with E-state index >= 15 is 0 Å². The molecule has 106 valence electrons. The quantitative estimate of drug-likeness (QED) is 0.452. The Labute approximate surface area is 113 Å². The summed E-state index contributed by atoms with van der Waals surface area (Å²) in [5.74, 6) is 0. The molecule has 5 nitrogen and oxygen atoms in total. The standard InChI is InChI=1S/C14H22N2O3/c1-10-6-7-13(9-14(10)16(18)19)12(3)15-8-4-5-11(2)17/h6-7,9,11-12,15,17H,4-5,8H2,1-3H3. The molecule has 5 heteroatoms. The zero-order chi connectivity index (χ0) is 14.4. The van der Waals surface area contributed by atoms with Gasteiger partial charge in [-0.3, -0.25) is 10.1 Å². The van der Waals surface area contributed by atoms with Crippen LogP contribution in [0.4, 0.5) is 5.69 Å². The van der Waals surface area contributed by atoms with Crippen molar-refractivity contribution >= 4 is 5.69 Å². The molecule has 0 bridgehead atoms. The summed E-state index contributed by atoms with van der Waals surface area (Å²) < 4.78 is 0. The van der Waals surface area contributed by atoms with Gasteiger partial charge < -0.3 is 10.4 Å². The Balaban J connectivity index is 2.59. The first kappa shape index (κ1) is 15.6. The lowest BCUT2D eigenvalue weighted by Gasteiger charge is -2.15. The number of benzene rings is 1. The molecule has 2 atom stereocenters. The van der Waals surface area contributed by atoms with Gasteiger partial charge in [-0.05, 0) is 45.7 Å². The van der Waals surface area contributed by atoms with Crippen molar-refractivity contribution in [1.29, 1.82) is 0 Å². The molecule has 1 aromatic carbocycles. The van der Waals surface area contributed by atoms with Crippen LogP contribution in [-0.2, 0) is 0 Å². The maximum Gasteiger partial charge on any atom is 0.272 e. The second kappa shape index (κ2) is 7.21. The van der Waals surface area contributed by atoms with Crippen molar-refractivity contribution in [2.45, 2.75) is 45.8 Å². The van der Waals surface area contributed by atoms with Gasteiger partial charge in [0, 0.05) is 17.7 Å². The fraction of sp³-hybridized carbons (Fsp3) is 0.571. The van der Waals surface area contributed by atoms with E-state index < -0.39 is 0 Å². The highest BCUT2D eigenvalue weighted by molar-refractivity contribution is 5.43. The van der Waals surface area contributed by atoms with E-state index in [1.807, 2.05) is 13.0 Å². The SMILES string of the molecule is Cc1ccc(C(C)NCCCC(C)O)cc1[N+](=O)[O-]. The van der Waals surface area contributed by atoms with Crippen LogP contribution in [0.2, 0.25) is 0 Å². The molecule has 0 radical (unpaired) electrons. The summed E-state index contributed by atoms with van der Waals surface area (Å²) in [5, 5.41) is 23.4. The number of aliphatic hydroxyl groups excluding tert-OH is 1. The number of nitro groups is 1. The number of aryl methyl sites for hydroxylation is 1. The van der Waals surface area contributed by atoms with E-state index in [0.29, 0.717) is 5.56 Å². The zero-order valence-electron chi connectivity index (χ0n) is 11.7. The zero-order valence-corrected chi connectivity index (χ0v) is 11.7. The Morgan fingerprint density at radius 3 is 2.68 bits per heavy atom. The highest BCUT2D eigenvalue weighted by Crippen LogP contribution is 2.23. The minimum atomic E-state index is -0.348. The molecule has 0 saturated carbocycles. The van der Waals surface area contributed by atoms with Gasteiger partial charge in [0.1, 0.15) is 0 Å². The molecule has 19 heavy (non-hydrogen) atoms. The lowest BCUT2D eigenvalue weighted by molar-refractivity contribution is -0.385. The third-order valence-corrected chi connectivity index (χ3v) is 3.18. The van der Waals surface area contributed by atoms with E-state index in [9.17, 15) is 10.1 Å². The summed E-state index contributed by atoms with van der Waals surface area (Å²) in [6.07, 6.45) is 1.36. The number of nitro benzene ring substituents is 1. The van der Waals surface area contributed by atoms with Crippen molar-refractivity contribution in [2.24, 2.45) is 0 Å². The number of nitrogens with one attached hydrogen (secondary N) is 1. The summed E-state index contributed by atoms with van der Waals surface area (Å²) in [6.45, 7) is 6.28. The summed E-state index contributed by atoms with van der Waals surface area (Å²) in [4.78, 5) is 10.5. The fourth-order valence-corrected chi connectivity index (χ4v) is 1.93. The van der Waals surface area contributed by atoms with Crippen molar-refractivity contribution in [1.82, 2.24) is 5.32 Å². The van der Waals surface area contributed by atoms with E-state index in [2.05, 4.69) is 5.32 Å². The first-order valence-electron chi connectivity index (χ1n) is 6.58. The molecule has 0 aromatic heterocycles. The minimum Gasteiger partial charge on any atom is -0.393 e.